The van der Waals surface area contributed by atoms with Gasteiger partial charge in [-0.2, -0.15) is 0 Å². The first kappa shape index (κ1) is 32.5. The van der Waals surface area contributed by atoms with Gasteiger partial charge >= 0.3 is 0 Å². The lowest BCUT2D eigenvalue weighted by atomic mass is 10.2. The van der Waals surface area contributed by atoms with E-state index >= 15 is 0 Å². The van der Waals surface area contributed by atoms with Crippen LogP contribution in [0.15, 0.2) is 30.3 Å². The van der Waals surface area contributed by atoms with Crippen LogP contribution in [0.1, 0.15) is 95.5 Å². The fourth-order valence-corrected chi connectivity index (χ4v) is 4.82. The number of unbranched alkanes of at least 4 members (excludes halogenated alkanes) is 6. The molecular weight excluding hydrogens is 496 g/mol. The summed E-state index contributed by atoms with van der Waals surface area (Å²) < 4.78 is 41.0. The van der Waals surface area contributed by atoms with Crippen LogP contribution in [-0.4, -0.2) is 71.5 Å². The highest BCUT2D eigenvalue weighted by Gasteiger charge is 2.14. The summed E-state index contributed by atoms with van der Waals surface area (Å²) in [5.74, 6) is 0. The molecule has 1 aromatic rings. The van der Waals surface area contributed by atoms with Gasteiger partial charge in [-0.05, 0) is 69.8 Å². The van der Waals surface area contributed by atoms with E-state index in [1.54, 1.807) is 0 Å². The third-order valence-corrected chi connectivity index (χ3v) is 7.18. The van der Waals surface area contributed by atoms with Crippen molar-refractivity contribution in [1.29, 1.82) is 0 Å². The molecule has 3 unspecified atom stereocenters. The maximum atomic E-state index is 6.17. The lowest BCUT2D eigenvalue weighted by Gasteiger charge is -2.22. The number of benzene rings is 1. The maximum absolute atomic E-state index is 6.17. The van der Waals surface area contributed by atoms with Crippen molar-refractivity contribution in [2.45, 2.75) is 115 Å². The van der Waals surface area contributed by atoms with Gasteiger partial charge < -0.3 is 33.2 Å². The summed E-state index contributed by atoms with van der Waals surface area (Å²) in [5.41, 5.74) is 1.18. The van der Waals surface area contributed by atoms with Gasteiger partial charge in [-0.1, -0.05) is 56.0 Å². The van der Waals surface area contributed by atoms with Crippen LogP contribution in [0.2, 0.25) is 0 Å². The van der Waals surface area contributed by atoms with Crippen LogP contribution < -0.4 is 0 Å². The maximum Gasteiger partial charge on any atom is 0.157 e. The van der Waals surface area contributed by atoms with Gasteiger partial charge in [0.05, 0.1) is 19.8 Å². The van der Waals surface area contributed by atoms with Crippen LogP contribution >= 0.6 is 0 Å². The van der Waals surface area contributed by atoms with Gasteiger partial charge in [0.25, 0.3) is 0 Å². The van der Waals surface area contributed by atoms with Crippen LogP contribution in [0.3, 0.4) is 0 Å². The van der Waals surface area contributed by atoms with Gasteiger partial charge in [0.2, 0.25) is 0 Å². The van der Waals surface area contributed by atoms with Crippen molar-refractivity contribution in [3.8, 4) is 0 Å². The average molecular weight is 551 g/mol. The fourth-order valence-electron chi connectivity index (χ4n) is 4.82. The molecule has 2 fully saturated rings. The van der Waals surface area contributed by atoms with Gasteiger partial charge in [-0.15, -0.1) is 0 Å². The predicted octanol–water partition coefficient (Wildman–Crippen LogP) is 6.81. The third kappa shape index (κ3) is 16.7. The third-order valence-electron chi connectivity index (χ3n) is 7.18. The smallest absolute Gasteiger partial charge is 0.157 e. The first-order chi connectivity index (χ1) is 19.4. The van der Waals surface area contributed by atoms with Crippen molar-refractivity contribution in [2.75, 3.05) is 52.9 Å². The minimum Gasteiger partial charge on any atom is -0.379 e. The number of rotatable bonds is 23. The second-order valence-corrected chi connectivity index (χ2v) is 10.7. The van der Waals surface area contributed by atoms with Crippen molar-refractivity contribution < 1.29 is 33.2 Å². The molecule has 224 valence electrons. The molecule has 7 heteroatoms. The summed E-state index contributed by atoms with van der Waals surface area (Å²) in [6.45, 7) is 6.48. The largest absolute Gasteiger partial charge is 0.379 e. The Hall–Kier alpha value is -1.06. The van der Waals surface area contributed by atoms with Crippen LogP contribution in [0.5, 0.6) is 0 Å². The van der Waals surface area contributed by atoms with Crippen LogP contribution in [-0.2, 0) is 39.8 Å². The van der Waals surface area contributed by atoms with E-state index in [9.17, 15) is 0 Å². The van der Waals surface area contributed by atoms with Crippen molar-refractivity contribution >= 4 is 0 Å². The highest BCUT2D eigenvalue weighted by molar-refractivity contribution is 5.13. The second kappa shape index (κ2) is 22.6. The minimum atomic E-state index is -0.0376. The zero-order valence-electron chi connectivity index (χ0n) is 24.2. The van der Waals surface area contributed by atoms with Crippen molar-refractivity contribution in [1.82, 2.24) is 0 Å². The molecule has 3 rings (SSSR count). The number of ether oxygens (including phenoxy) is 7. The molecule has 0 spiro atoms. The summed E-state index contributed by atoms with van der Waals surface area (Å²) >= 11 is 0. The Bertz CT molecular complexity index is 662. The standard InChI is InChI=1S/C32H54O7/c1(2-12-22-36-31-18-8-14-24-38-31)10-20-33-27-30(28-34-26-29-16-6-5-7-17-29)35-21-11-3-4-13-23-37-32-19-9-15-25-39-32/h5-7,16-17,30-32H,1-4,8-15,18-28H2. The lowest BCUT2D eigenvalue weighted by Crippen LogP contribution is -2.26. The molecular formula is C32H54O7. The Kier molecular flexibility index (Phi) is 18.8. The highest BCUT2D eigenvalue weighted by Crippen LogP contribution is 2.15. The molecule has 2 saturated heterocycles. The molecule has 2 aliphatic rings. The van der Waals surface area contributed by atoms with E-state index in [1.165, 1.54) is 18.4 Å². The molecule has 0 N–H and O–H groups in total. The summed E-state index contributed by atoms with van der Waals surface area (Å²) in [7, 11) is 0. The van der Waals surface area contributed by atoms with Crippen molar-refractivity contribution in [3.05, 3.63) is 35.9 Å². The second-order valence-electron chi connectivity index (χ2n) is 10.7. The van der Waals surface area contributed by atoms with Crippen molar-refractivity contribution in [3.63, 3.8) is 0 Å². The fraction of sp³-hybridized carbons (Fsp3) is 0.812. The zero-order valence-corrected chi connectivity index (χ0v) is 24.2. The molecule has 0 aromatic heterocycles. The number of hydrogen-bond donors (Lipinski definition) is 0. The Labute approximate surface area is 237 Å². The van der Waals surface area contributed by atoms with Gasteiger partial charge in [-0.3, -0.25) is 0 Å². The lowest BCUT2D eigenvalue weighted by molar-refractivity contribution is -0.163. The van der Waals surface area contributed by atoms with Crippen LogP contribution in [0.25, 0.3) is 0 Å². The normalized spacial score (nSPS) is 20.7. The minimum absolute atomic E-state index is 0.0223. The number of hydrogen-bond acceptors (Lipinski definition) is 7. The van der Waals surface area contributed by atoms with E-state index in [0.29, 0.717) is 19.8 Å². The molecule has 0 saturated carbocycles. The average Bonchev–Trinajstić information content (AvgIpc) is 2.99. The topological polar surface area (TPSA) is 64.6 Å². The quantitative estimate of drug-likeness (QED) is 0.139. The summed E-state index contributed by atoms with van der Waals surface area (Å²) in [6, 6.07) is 10.3. The Morgan fingerprint density at radius 3 is 1.77 bits per heavy atom. The van der Waals surface area contributed by atoms with E-state index in [0.717, 1.165) is 117 Å². The molecule has 2 aliphatic heterocycles. The summed E-state index contributed by atoms with van der Waals surface area (Å²) in [4.78, 5) is 0. The van der Waals surface area contributed by atoms with E-state index in [-0.39, 0.29) is 18.7 Å². The Morgan fingerprint density at radius 2 is 1.18 bits per heavy atom. The van der Waals surface area contributed by atoms with Gasteiger partial charge in [-0.25, -0.2) is 0 Å². The van der Waals surface area contributed by atoms with Gasteiger partial charge in [0, 0.05) is 39.6 Å². The predicted molar refractivity (Wildman–Crippen MR) is 153 cm³/mol. The van der Waals surface area contributed by atoms with E-state index in [2.05, 4.69) is 12.1 Å². The summed E-state index contributed by atoms with van der Waals surface area (Å²) in [5, 5.41) is 0. The first-order valence-corrected chi connectivity index (χ1v) is 15.7. The molecule has 2 heterocycles. The summed E-state index contributed by atoms with van der Waals surface area (Å²) in [6.07, 6.45) is 15.7. The van der Waals surface area contributed by atoms with Crippen LogP contribution in [0.4, 0.5) is 0 Å². The SMILES string of the molecule is c1ccc(COCC(COCCCCCCOC2CCCCO2)OCCCCCCOC2CCCCO2)cc1. The molecule has 0 radical (unpaired) electrons. The first-order valence-electron chi connectivity index (χ1n) is 15.7. The zero-order chi connectivity index (χ0) is 27.1. The van der Waals surface area contributed by atoms with Gasteiger partial charge in [0.1, 0.15) is 6.10 Å². The Balaban J connectivity index is 1.18. The van der Waals surface area contributed by atoms with E-state index in [1.807, 2.05) is 18.2 Å². The molecule has 0 aliphatic carbocycles. The van der Waals surface area contributed by atoms with Gasteiger partial charge in [0.15, 0.2) is 12.6 Å². The van der Waals surface area contributed by atoms with E-state index < -0.39 is 0 Å². The van der Waals surface area contributed by atoms with Crippen molar-refractivity contribution in [2.24, 2.45) is 0 Å². The molecule has 0 amide bonds. The monoisotopic (exact) mass is 550 g/mol. The molecule has 0 bridgehead atoms. The van der Waals surface area contributed by atoms with E-state index in [4.69, 9.17) is 33.2 Å². The Morgan fingerprint density at radius 1 is 0.615 bits per heavy atom. The highest BCUT2D eigenvalue weighted by atomic mass is 16.7. The molecule has 39 heavy (non-hydrogen) atoms. The molecule has 1 aromatic carbocycles. The molecule has 7 nitrogen and oxygen atoms in total. The van der Waals surface area contributed by atoms with Crippen LogP contribution in [0, 0.1) is 0 Å². The molecule has 3 atom stereocenters.